The first-order chi connectivity index (χ1) is 10.7. The molecule has 0 unspecified atom stereocenters. The number of aromatic amines is 1. The molecule has 0 saturated carbocycles. The van der Waals surface area contributed by atoms with Crippen LogP contribution in [0.1, 0.15) is 21.1 Å². The Hall–Kier alpha value is -2.51. The number of thiazole rings is 1. The van der Waals surface area contributed by atoms with Gasteiger partial charge >= 0.3 is 0 Å². The fraction of sp³-hybridized carbons (Fsp3) is 0.133. The van der Waals surface area contributed by atoms with Crippen LogP contribution in [-0.4, -0.2) is 26.0 Å². The third-order valence-electron chi connectivity index (χ3n) is 3.17. The predicted octanol–water partition coefficient (Wildman–Crippen LogP) is 2.59. The van der Waals surface area contributed by atoms with E-state index in [1.165, 1.54) is 6.20 Å². The first-order valence-corrected chi connectivity index (χ1v) is 7.51. The molecule has 3 rings (SSSR count). The number of rotatable bonds is 4. The smallest absolute Gasteiger partial charge is 0.272 e. The second-order valence-electron chi connectivity index (χ2n) is 4.70. The number of aromatic nitrogens is 3. The largest absolute Gasteiger partial charge is 0.392 e. The fourth-order valence-corrected chi connectivity index (χ4v) is 2.65. The lowest BCUT2D eigenvalue weighted by atomic mass is 10.2. The van der Waals surface area contributed by atoms with Gasteiger partial charge in [0.1, 0.15) is 5.69 Å². The molecule has 22 heavy (non-hydrogen) atoms. The second kappa shape index (κ2) is 6.08. The quantitative estimate of drug-likeness (QED) is 0.690. The molecule has 0 aliphatic heterocycles. The molecule has 0 aromatic carbocycles. The van der Waals surface area contributed by atoms with E-state index in [9.17, 15) is 9.90 Å². The molecule has 0 radical (unpaired) electrons. The summed E-state index contributed by atoms with van der Waals surface area (Å²) in [5, 5.41) is 14.9. The Labute approximate surface area is 130 Å². The minimum atomic E-state index is -0.291. The molecule has 3 N–H and O–H groups in total. The number of nitrogens with one attached hydrogen (secondary N) is 2. The van der Waals surface area contributed by atoms with Crippen molar-refractivity contribution in [3.63, 3.8) is 0 Å². The molecule has 0 fully saturated rings. The summed E-state index contributed by atoms with van der Waals surface area (Å²) in [6.07, 6.45) is 4.83. The number of H-pyrrole nitrogens is 1. The highest BCUT2D eigenvalue weighted by Gasteiger charge is 2.13. The van der Waals surface area contributed by atoms with Crippen LogP contribution >= 0.6 is 11.3 Å². The van der Waals surface area contributed by atoms with Crippen molar-refractivity contribution in [2.45, 2.75) is 13.5 Å². The fourth-order valence-electron chi connectivity index (χ4n) is 2.03. The van der Waals surface area contributed by atoms with E-state index < -0.39 is 0 Å². The summed E-state index contributed by atoms with van der Waals surface area (Å²) in [7, 11) is 0. The number of aliphatic hydroxyl groups excluding tert-OH is 1. The number of nitrogens with zero attached hydrogens (tertiary/aromatic N) is 2. The van der Waals surface area contributed by atoms with E-state index in [4.69, 9.17) is 0 Å². The minimum Gasteiger partial charge on any atom is -0.392 e. The zero-order chi connectivity index (χ0) is 15.5. The standard InChI is InChI=1S/C15H14N4O2S/c1-9-18-14(8-22-9)11-4-12(17-5-11)15(21)19-13-6-16-3-2-10(13)7-20/h2-6,8,17,20H,7H2,1H3,(H,19,21). The van der Waals surface area contributed by atoms with Crippen LogP contribution in [0.3, 0.4) is 0 Å². The number of hydrogen-bond donors (Lipinski definition) is 3. The van der Waals surface area contributed by atoms with E-state index in [1.54, 1.807) is 35.9 Å². The van der Waals surface area contributed by atoms with Crippen molar-refractivity contribution in [1.29, 1.82) is 0 Å². The van der Waals surface area contributed by atoms with Gasteiger partial charge in [-0.1, -0.05) is 0 Å². The molecule has 1 amide bonds. The monoisotopic (exact) mass is 314 g/mol. The summed E-state index contributed by atoms with van der Waals surface area (Å²) in [5.41, 5.74) is 3.24. The van der Waals surface area contributed by atoms with Gasteiger partial charge in [-0.25, -0.2) is 4.98 Å². The molecule has 0 aliphatic carbocycles. The lowest BCUT2D eigenvalue weighted by molar-refractivity contribution is 0.102. The van der Waals surface area contributed by atoms with Crippen molar-refractivity contribution in [3.8, 4) is 11.3 Å². The first-order valence-electron chi connectivity index (χ1n) is 6.63. The molecule has 3 heterocycles. The van der Waals surface area contributed by atoms with Gasteiger partial charge in [0.15, 0.2) is 0 Å². The Balaban J connectivity index is 1.80. The van der Waals surface area contributed by atoms with E-state index in [2.05, 4.69) is 20.3 Å². The van der Waals surface area contributed by atoms with Gasteiger partial charge in [0.05, 0.1) is 29.2 Å². The van der Waals surface area contributed by atoms with Crippen molar-refractivity contribution in [1.82, 2.24) is 15.0 Å². The minimum absolute atomic E-state index is 0.161. The number of carbonyl (C=O) groups excluding carboxylic acids is 1. The van der Waals surface area contributed by atoms with Crippen molar-refractivity contribution in [2.24, 2.45) is 0 Å². The average molecular weight is 314 g/mol. The maximum atomic E-state index is 12.3. The van der Waals surface area contributed by atoms with Gasteiger partial charge in [-0.3, -0.25) is 9.78 Å². The van der Waals surface area contributed by atoms with Gasteiger partial charge in [0, 0.05) is 28.9 Å². The number of hydrogen-bond acceptors (Lipinski definition) is 5. The maximum Gasteiger partial charge on any atom is 0.272 e. The van der Waals surface area contributed by atoms with Crippen LogP contribution < -0.4 is 5.32 Å². The first kappa shape index (κ1) is 14.4. The van der Waals surface area contributed by atoms with Crippen LogP contribution in [0.4, 0.5) is 5.69 Å². The van der Waals surface area contributed by atoms with Gasteiger partial charge < -0.3 is 15.4 Å². The third-order valence-corrected chi connectivity index (χ3v) is 3.95. The normalized spacial score (nSPS) is 10.6. The number of pyridine rings is 1. The van der Waals surface area contributed by atoms with Crippen LogP contribution in [-0.2, 0) is 6.61 Å². The molecule has 0 spiro atoms. The number of aliphatic hydroxyl groups is 1. The van der Waals surface area contributed by atoms with Crippen LogP contribution in [0.15, 0.2) is 36.1 Å². The maximum absolute atomic E-state index is 12.3. The summed E-state index contributed by atoms with van der Waals surface area (Å²) < 4.78 is 0. The molecule has 6 nitrogen and oxygen atoms in total. The third kappa shape index (κ3) is 2.90. The van der Waals surface area contributed by atoms with E-state index in [-0.39, 0.29) is 12.5 Å². The second-order valence-corrected chi connectivity index (χ2v) is 5.76. The molecule has 7 heteroatoms. The molecule has 3 aromatic heterocycles. The SMILES string of the molecule is Cc1nc(-c2c[nH]c(C(=O)Nc3cnccc3CO)c2)cs1. The molecule has 112 valence electrons. The van der Waals surface area contributed by atoms with Gasteiger partial charge in [-0.05, 0) is 19.1 Å². The highest BCUT2D eigenvalue weighted by molar-refractivity contribution is 7.09. The van der Waals surface area contributed by atoms with Crippen LogP contribution in [0, 0.1) is 6.92 Å². The molecule has 0 aliphatic rings. The van der Waals surface area contributed by atoms with Crippen molar-refractivity contribution in [3.05, 3.63) is 52.4 Å². The number of carbonyl (C=O) groups is 1. The molecule has 0 saturated heterocycles. The van der Waals surface area contributed by atoms with E-state index in [0.29, 0.717) is 16.9 Å². The Morgan fingerprint density at radius 1 is 1.50 bits per heavy atom. The van der Waals surface area contributed by atoms with Crippen molar-refractivity contribution >= 4 is 22.9 Å². The molecule has 0 atom stereocenters. The summed E-state index contributed by atoms with van der Waals surface area (Å²) in [4.78, 5) is 23.5. The summed E-state index contributed by atoms with van der Waals surface area (Å²) in [5.74, 6) is -0.291. The van der Waals surface area contributed by atoms with Gasteiger partial charge in [0.2, 0.25) is 0 Å². The molecular formula is C15H14N4O2S. The summed E-state index contributed by atoms with van der Waals surface area (Å²) in [6, 6.07) is 3.41. The number of amides is 1. The lowest BCUT2D eigenvalue weighted by Gasteiger charge is -2.07. The zero-order valence-corrected chi connectivity index (χ0v) is 12.6. The lowest BCUT2D eigenvalue weighted by Crippen LogP contribution is -2.13. The van der Waals surface area contributed by atoms with Crippen LogP contribution in [0.2, 0.25) is 0 Å². The predicted molar refractivity (Wildman–Crippen MR) is 84.8 cm³/mol. The van der Waals surface area contributed by atoms with Crippen LogP contribution in [0.25, 0.3) is 11.3 Å². The van der Waals surface area contributed by atoms with Gasteiger partial charge in [-0.2, -0.15) is 0 Å². The van der Waals surface area contributed by atoms with Crippen molar-refractivity contribution < 1.29 is 9.90 Å². The Morgan fingerprint density at radius 2 is 2.36 bits per heavy atom. The summed E-state index contributed by atoms with van der Waals surface area (Å²) >= 11 is 1.56. The Kier molecular flexibility index (Phi) is 3.99. The Bertz CT molecular complexity index is 809. The van der Waals surface area contributed by atoms with Crippen LogP contribution in [0.5, 0.6) is 0 Å². The number of aryl methyl sites for hydroxylation is 1. The molecular weight excluding hydrogens is 300 g/mol. The zero-order valence-electron chi connectivity index (χ0n) is 11.8. The number of anilines is 1. The average Bonchev–Trinajstić information content (AvgIpc) is 3.16. The van der Waals surface area contributed by atoms with Gasteiger partial charge in [-0.15, -0.1) is 11.3 Å². The Morgan fingerprint density at radius 3 is 3.09 bits per heavy atom. The summed E-state index contributed by atoms with van der Waals surface area (Å²) in [6.45, 7) is 1.78. The van der Waals surface area contributed by atoms with E-state index in [1.807, 2.05) is 12.3 Å². The highest BCUT2D eigenvalue weighted by atomic mass is 32.1. The highest BCUT2D eigenvalue weighted by Crippen LogP contribution is 2.23. The topological polar surface area (TPSA) is 90.9 Å². The van der Waals surface area contributed by atoms with E-state index >= 15 is 0 Å². The van der Waals surface area contributed by atoms with E-state index in [0.717, 1.165) is 16.3 Å². The molecule has 0 bridgehead atoms. The van der Waals surface area contributed by atoms with Gasteiger partial charge in [0.25, 0.3) is 5.91 Å². The molecule has 3 aromatic rings. The van der Waals surface area contributed by atoms with Crippen molar-refractivity contribution in [2.75, 3.05) is 5.32 Å².